The van der Waals surface area contributed by atoms with E-state index in [-0.39, 0.29) is 11.6 Å². The number of hydrogen-bond acceptors (Lipinski definition) is 3. The highest BCUT2D eigenvalue weighted by atomic mass is 19.3. The van der Waals surface area contributed by atoms with Crippen LogP contribution in [0.4, 0.5) is 8.78 Å². The smallest absolute Gasteiger partial charge is 0.298 e. The van der Waals surface area contributed by atoms with Crippen molar-refractivity contribution in [2.75, 3.05) is 0 Å². The van der Waals surface area contributed by atoms with Gasteiger partial charge in [-0.1, -0.05) is 22.9 Å². The molecule has 0 radical (unpaired) electrons. The van der Waals surface area contributed by atoms with Gasteiger partial charge in [0.1, 0.15) is 5.69 Å². The lowest BCUT2D eigenvalue weighted by Crippen LogP contribution is -2.41. The molecule has 4 nitrogen and oxygen atoms in total. The second-order valence-electron chi connectivity index (χ2n) is 5.36. The highest BCUT2D eigenvalue weighted by molar-refractivity contribution is 5.94. The van der Waals surface area contributed by atoms with Crippen LogP contribution in [-0.2, 0) is 5.54 Å². The van der Waals surface area contributed by atoms with Crippen molar-refractivity contribution in [3.63, 3.8) is 0 Å². The van der Waals surface area contributed by atoms with Crippen molar-refractivity contribution in [3.05, 3.63) is 52.9 Å². The number of aromatic nitrogens is 1. The van der Waals surface area contributed by atoms with Crippen LogP contribution in [0.1, 0.15) is 47.6 Å². The molecule has 0 bridgehead atoms. The zero-order valence-corrected chi connectivity index (χ0v) is 12.0. The molecule has 2 rings (SSSR count). The van der Waals surface area contributed by atoms with Crippen LogP contribution in [0.2, 0.25) is 0 Å². The fraction of sp³-hybridized carbons (Fsp3) is 0.333. The minimum Gasteiger partial charge on any atom is -0.355 e. The van der Waals surface area contributed by atoms with Crippen molar-refractivity contribution in [3.8, 4) is 0 Å². The fourth-order valence-electron chi connectivity index (χ4n) is 1.81. The van der Waals surface area contributed by atoms with Gasteiger partial charge in [0.25, 0.3) is 12.3 Å². The molecule has 0 fully saturated rings. The van der Waals surface area contributed by atoms with Crippen LogP contribution < -0.4 is 5.32 Å². The molecule has 1 amide bonds. The van der Waals surface area contributed by atoms with Crippen molar-refractivity contribution in [1.29, 1.82) is 0 Å². The number of amides is 1. The Morgan fingerprint density at radius 3 is 2.43 bits per heavy atom. The minimum atomic E-state index is -2.73. The highest BCUT2D eigenvalue weighted by Crippen LogP contribution is 2.25. The van der Waals surface area contributed by atoms with Crippen molar-refractivity contribution in [2.45, 2.75) is 32.7 Å². The Hall–Kier alpha value is -2.24. The normalized spacial score (nSPS) is 11.7. The van der Waals surface area contributed by atoms with Gasteiger partial charge in [-0.25, -0.2) is 8.78 Å². The van der Waals surface area contributed by atoms with Gasteiger partial charge in [0.2, 0.25) is 5.76 Å². The van der Waals surface area contributed by atoms with Crippen LogP contribution in [0.15, 0.2) is 34.9 Å². The number of nitrogens with zero attached hydrogens (tertiary/aromatic N) is 1. The Morgan fingerprint density at radius 1 is 1.29 bits per heavy atom. The second-order valence-corrected chi connectivity index (χ2v) is 5.36. The van der Waals surface area contributed by atoms with E-state index in [0.29, 0.717) is 5.56 Å². The molecule has 2 aromatic rings. The first-order valence-electron chi connectivity index (χ1n) is 6.44. The zero-order chi connectivity index (χ0) is 15.6. The van der Waals surface area contributed by atoms with Gasteiger partial charge in [0.05, 0.1) is 5.54 Å². The molecule has 1 aromatic carbocycles. The first-order valence-corrected chi connectivity index (χ1v) is 6.44. The van der Waals surface area contributed by atoms with Crippen LogP contribution in [0.5, 0.6) is 0 Å². The van der Waals surface area contributed by atoms with Gasteiger partial charge in [-0.15, -0.1) is 0 Å². The number of halogens is 2. The standard InChI is InChI=1S/C15H16F2N2O2/c1-9-4-6-10(7-5-9)14(20)18-15(2,3)12-8-11(13(16)17)21-19-12/h4-8,13H,1-3H3,(H,18,20). The molecule has 0 aliphatic carbocycles. The van der Waals surface area contributed by atoms with Crippen LogP contribution >= 0.6 is 0 Å². The first-order chi connectivity index (χ1) is 9.79. The Balaban J connectivity index is 2.15. The number of carbonyl (C=O) groups excluding carboxylic acids is 1. The molecular weight excluding hydrogens is 278 g/mol. The maximum absolute atomic E-state index is 12.5. The summed E-state index contributed by atoms with van der Waals surface area (Å²) in [6.07, 6.45) is -2.73. The molecule has 112 valence electrons. The monoisotopic (exact) mass is 294 g/mol. The largest absolute Gasteiger partial charge is 0.355 e. The van der Waals surface area contributed by atoms with Gasteiger partial charge in [-0.3, -0.25) is 4.79 Å². The zero-order valence-electron chi connectivity index (χ0n) is 12.0. The quantitative estimate of drug-likeness (QED) is 0.937. The highest BCUT2D eigenvalue weighted by Gasteiger charge is 2.28. The summed E-state index contributed by atoms with van der Waals surface area (Å²) >= 11 is 0. The third-order valence-electron chi connectivity index (χ3n) is 3.12. The molecule has 0 aliphatic rings. The first kappa shape index (κ1) is 15.2. The maximum atomic E-state index is 12.5. The summed E-state index contributed by atoms with van der Waals surface area (Å²) in [5.41, 5.74) is 0.868. The number of benzene rings is 1. The molecule has 0 spiro atoms. The molecule has 1 N–H and O–H groups in total. The Kier molecular flexibility index (Phi) is 4.06. The number of carbonyl (C=O) groups is 1. The average molecular weight is 294 g/mol. The van der Waals surface area contributed by atoms with Crippen LogP contribution in [-0.4, -0.2) is 11.1 Å². The van der Waals surface area contributed by atoms with Crippen molar-refractivity contribution >= 4 is 5.91 Å². The van der Waals surface area contributed by atoms with Gasteiger partial charge in [0, 0.05) is 11.6 Å². The summed E-state index contributed by atoms with van der Waals surface area (Å²) < 4.78 is 29.6. The van der Waals surface area contributed by atoms with Gasteiger partial charge >= 0.3 is 0 Å². The summed E-state index contributed by atoms with van der Waals surface area (Å²) in [4.78, 5) is 12.2. The van der Waals surface area contributed by atoms with E-state index in [9.17, 15) is 13.6 Å². The van der Waals surface area contributed by atoms with E-state index in [2.05, 4.69) is 15.0 Å². The van der Waals surface area contributed by atoms with Gasteiger partial charge in [-0.2, -0.15) is 0 Å². The molecule has 0 atom stereocenters. The Bertz CT molecular complexity index is 633. The maximum Gasteiger partial charge on any atom is 0.298 e. The molecular formula is C15H16F2N2O2. The molecule has 1 heterocycles. The number of hydrogen-bond donors (Lipinski definition) is 1. The lowest BCUT2D eigenvalue weighted by Gasteiger charge is -2.23. The summed E-state index contributed by atoms with van der Waals surface area (Å²) in [6.45, 7) is 5.27. The van der Waals surface area contributed by atoms with Gasteiger partial charge < -0.3 is 9.84 Å². The SMILES string of the molecule is Cc1ccc(C(=O)NC(C)(C)c2cc(C(F)F)on2)cc1. The molecule has 0 unspecified atom stereocenters. The van der Waals surface area contributed by atoms with Crippen molar-refractivity contribution in [2.24, 2.45) is 0 Å². The molecule has 1 aromatic heterocycles. The summed E-state index contributed by atoms with van der Waals surface area (Å²) in [7, 11) is 0. The van der Waals surface area contributed by atoms with Crippen molar-refractivity contribution < 1.29 is 18.1 Å². The van der Waals surface area contributed by atoms with Crippen LogP contribution in [0.25, 0.3) is 0 Å². The van der Waals surface area contributed by atoms with E-state index in [1.54, 1.807) is 26.0 Å². The number of alkyl halides is 2. The molecule has 0 saturated heterocycles. The van der Waals surface area contributed by atoms with E-state index in [0.717, 1.165) is 11.6 Å². The molecule has 0 aliphatic heterocycles. The summed E-state index contributed by atoms with van der Waals surface area (Å²) in [6, 6.07) is 8.21. The molecule has 21 heavy (non-hydrogen) atoms. The van der Waals surface area contributed by atoms with Crippen molar-refractivity contribution in [1.82, 2.24) is 10.5 Å². The Labute approximate surface area is 121 Å². The molecule has 0 saturated carbocycles. The number of aryl methyl sites for hydroxylation is 1. The van der Waals surface area contributed by atoms with E-state index in [4.69, 9.17) is 0 Å². The van der Waals surface area contributed by atoms with Gasteiger partial charge in [0.15, 0.2) is 0 Å². The number of nitrogens with one attached hydrogen (secondary N) is 1. The predicted octanol–water partition coefficient (Wildman–Crippen LogP) is 3.59. The average Bonchev–Trinajstić information content (AvgIpc) is 2.89. The van der Waals surface area contributed by atoms with E-state index >= 15 is 0 Å². The summed E-state index contributed by atoms with van der Waals surface area (Å²) in [5, 5.41) is 6.35. The van der Waals surface area contributed by atoms with Crippen LogP contribution in [0.3, 0.4) is 0 Å². The summed E-state index contributed by atoms with van der Waals surface area (Å²) in [5.74, 6) is -0.816. The van der Waals surface area contributed by atoms with E-state index in [1.807, 2.05) is 19.1 Å². The van der Waals surface area contributed by atoms with E-state index in [1.165, 1.54) is 0 Å². The third-order valence-corrected chi connectivity index (χ3v) is 3.12. The lowest BCUT2D eigenvalue weighted by molar-refractivity contribution is 0.0907. The number of rotatable bonds is 4. The Morgan fingerprint density at radius 2 is 1.90 bits per heavy atom. The van der Waals surface area contributed by atoms with Crippen LogP contribution in [0, 0.1) is 6.92 Å². The lowest BCUT2D eigenvalue weighted by atomic mass is 9.99. The van der Waals surface area contributed by atoms with Gasteiger partial charge in [-0.05, 0) is 32.9 Å². The van der Waals surface area contributed by atoms with E-state index < -0.39 is 17.7 Å². The predicted molar refractivity (Wildman–Crippen MR) is 73.1 cm³/mol. The topological polar surface area (TPSA) is 55.1 Å². The minimum absolute atomic E-state index is 0.248. The second kappa shape index (κ2) is 5.63. The fourth-order valence-corrected chi connectivity index (χ4v) is 1.81. The third kappa shape index (κ3) is 3.45. The molecule has 6 heteroatoms.